The van der Waals surface area contributed by atoms with E-state index in [0.717, 1.165) is 46.8 Å². The molecule has 0 saturated heterocycles. The number of benzene rings is 2. The topological polar surface area (TPSA) is 90.0 Å². The summed E-state index contributed by atoms with van der Waals surface area (Å²) in [6.45, 7) is 0.934. The zero-order valence-corrected chi connectivity index (χ0v) is 22.9. The Labute approximate surface area is 223 Å². The number of nitrogens with zero attached hydrogens (tertiary/aromatic N) is 3. The van der Waals surface area contributed by atoms with Gasteiger partial charge in [0.05, 0.1) is 5.69 Å². The van der Waals surface area contributed by atoms with Gasteiger partial charge in [-0.1, -0.05) is 55.1 Å². The van der Waals surface area contributed by atoms with E-state index in [4.69, 9.17) is 11.6 Å². The van der Waals surface area contributed by atoms with Crippen molar-refractivity contribution >= 4 is 39.3 Å². The first kappa shape index (κ1) is 28.9. The van der Waals surface area contributed by atoms with Gasteiger partial charge in [0.2, 0.25) is 11.8 Å². The molecule has 0 heterocycles. The van der Waals surface area contributed by atoms with Crippen LogP contribution in [0, 0.1) is 5.82 Å². The average Bonchev–Trinajstić information content (AvgIpc) is 2.86. The summed E-state index contributed by atoms with van der Waals surface area (Å²) < 4.78 is 42.6. The first-order chi connectivity index (χ1) is 17.5. The minimum Gasteiger partial charge on any atom is -0.352 e. The number of para-hydroxylation sites is 1. The van der Waals surface area contributed by atoms with Crippen LogP contribution in [0.2, 0.25) is 5.02 Å². The van der Waals surface area contributed by atoms with E-state index in [9.17, 15) is 22.4 Å². The molecule has 1 atom stereocenters. The van der Waals surface area contributed by atoms with Crippen LogP contribution >= 0.6 is 11.6 Å². The first-order valence-corrected chi connectivity index (χ1v) is 14.1. The number of anilines is 1. The number of hydrogen-bond acceptors (Lipinski definition) is 4. The van der Waals surface area contributed by atoms with E-state index in [0.29, 0.717) is 10.6 Å². The zero-order valence-electron chi connectivity index (χ0n) is 21.4. The summed E-state index contributed by atoms with van der Waals surface area (Å²) in [6, 6.07) is 11.4. The van der Waals surface area contributed by atoms with Gasteiger partial charge in [0, 0.05) is 31.7 Å². The van der Waals surface area contributed by atoms with Crippen molar-refractivity contribution in [3.63, 3.8) is 0 Å². The van der Waals surface area contributed by atoms with Crippen LogP contribution in [0.4, 0.5) is 10.1 Å². The van der Waals surface area contributed by atoms with Crippen LogP contribution in [0.5, 0.6) is 0 Å². The van der Waals surface area contributed by atoms with E-state index in [-0.39, 0.29) is 24.2 Å². The predicted molar refractivity (Wildman–Crippen MR) is 143 cm³/mol. The van der Waals surface area contributed by atoms with Crippen LogP contribution in [0.3, 0.4) is 0 Å². The van der Waals surface area contributed by atoms with Crippen LogP contribution in [0.1, 0.15) is 44.6 Å². The number of carbonyl (C=O) groups is 2. The normalized spacial score (nSPS) is 15.3. The monoisotopic (exact) mass is 552 g/mol. The van der Waals surface area contributed by atoms with Gasteiger partial charge in [0.15, 0.2) is 0 Å². The molecule has 2 amide bonds. The fraction of sp³-hybridized carbons (Fsp3) is 0.462. The maximum Gasteiger partial charge on any atom is 0.304 e. The summed E-state index contributed by atoms with van der Waals surface area (Å²) in [5, 5.41) is 3.50. The Morgan fingerprint density at radius 3 is 2.38 bits per heavy atom. The van der Waals surface area contributed by atoms with Crippen molar-refractivity contribution in [1.82, 2.24) is 14.5 Å². The second-order valence-corrected chi connectivity index (χ2v) is 11.9. The van der Waals surface area contributed by atoms with Gasteiger partial charge in [0.1, 0.15) is 18.4 Å². The molecule has 37 heavy (non-hydrogen) atoms. The molecule has 1 aliphatic carbocycles. The van der Waals surface area contributed by atoms with Crippen LogP contribution in [0.15, 0.2) is 48.5 Å². The summed E-state index contributed by atoms with van der Waals surface area (Å²) >= 11 is 6.14. The molecule has 1 fully saturated rings. The highest BCUT2D eigenvalue weighted by atomic mass is 35.5. The van der Waals surface area contributed by atoms with Gasteiger partial charge in [-0.15, -0.1) is 0 Å². The van der Waals surface area contributed by atoms with Crippen molar-refractivity contribution in [1.29, 1.82) is 0 Å². The Kier molecular flexibility index (Phi) is 9.92. The first-order valence-electron chi connectivity index (χ1n) is 12.3. The maximum atomic E-state index is 14.7. The summed E-state index contributed by atoms with van der Waals surface area (Å²) in [4.78, 5) is 28.2. The molecule has 0 bridgehead atoms. The molecule has 0 spiro atoms. The molecule has 2 aromatic rings. The van der Waals surface area contributed by atoms with Crippen molar-refractivity contribution in [2.45, 2.75) is 57.7 Å². The number of nitrogens with one attached hydrogen (secondary N) is 1. The van der Waals surface area contributed by atoms with Crippen LogP contribution < -0.4 is 9.62 Å². The summed E-state index contributed by atoms with van der Waals surface area (Å²) in [6.07, 6.45) is 4.95. The molecule has 0 aliphatic heterocycles. The lowest BCUT2D eigenvalue weighted by atomic mass is 9.95. The summed E-state index contributed by atoms with van der Waals surface area (Å²) in [7, 11) is -1.63. The fourth-order valence-corrected chi connectivity index (χ4v) is 5.62. The lowest BCUT2D eigenvalue weighted by Crippen LogP contribution is -2.53. The quantitative estimate of drug-likeness (QED) is 0.483. The number of hydrogen-bond donors (Lipinski definition) is 1. The number of halogens is 2. The molecule has 202 valence electrons. The van der Waals surface area contributed by atoms with Gasteiger partial charge in [-0.05, 0) is 49.6 Å². The van der Waals surface area contributed by atoms with Gasteiger partial charge in [0.25, 0.3) is 0 Å². The molecule has 0 radical (unpaired) electrons. The van der Waals surface area contributed by atoms with Gasteiger partial charge in [-0.25, -0.2) is 8.70 Å². The molecular weight excluding hydrogens is 519 g/mol. The number of amides is 2. The average molecular weight is 553 g/mol. The van der Waals surface area contributed by atoms with E-state index < -0.39 is 34.5 Å². The van der Waals surface area contributed by atoms with Gasteiger partial charge < -0.3 is 10.2 Å². The van der Waals surface area contributed by atoms with E-state index in [2.05, 4.69) is 5.32 Å². The standard InChI is InChI=1S/C26H34ClFN4O4S/c1-19(26(34)29-22-12-5-4-6-13-22)31(17-20-10-9-11-21(27)16-20)25(33)18-32(37(35,36)30(2)3)24-15-8-7-14-23(24)28/h7-11,14-16,19,22H,4-6,12-13,17-18H2,1-3H3,(H,29,34)/t19-/m0/s1. The maximum absolute atomic E-state index is 14.7. The Balaban J connectivity index is 1.93. The minimum absolute atomic E-state index is 0.0196. The second kappa shape index (κ2) is 12.7. The van der Waals surface area contributed by atoms with E-state index in [1.807, 2.05) is 0 Å². The van der Waals surface area contributed by atoms with E-state index in [1.165, 1.54) is 37.2 Å². The second-order valence-electron chi connectivity index (χ2n) is 9.42. The predicted octanol–water partition coefficient (Wildman–Crippen LogP) is 3.96. The molecule has 11 heteroatoms. The number of rotatable bonds is 10. The zero-order chi connectivity index (χ0) is 27.2. The lowest BCUT2D eigenvalue weighted by Gasteiger charge is -2.34. The molecule has 8 nitrogen and oxygen atoms in total. The largest absolute Gasteiger partial charge is 0.352 e. The molecule has 0 aromatic heterocycles. The highest BCUT2D eigenvalue weighted by Crippen LogP contribution is 2.24. The Hall–Kier alpha value is -2.69. The van der Waals surface area contributed by atoms with Crippen molar-refractivity contribution < 1.29 is 22.4 Å². The highest BCUT2D eigenvalue weighted by Gasteiger charge is 2.34. The molecule has 2 aromatic carbocycles. The molecular formula is C26H34ClFN4O4S. The fourth-order valence-electron chi connectivity index (χ4n) is 4.34. The third-order valence-electron chi connectivity index (χ3n) is 6.50. The molecule has 0 unspecified atom stereocenters. The smallest absolute Gasteiger partial charge is 0.304 e. The van der Waals surface area contributed by atoms with Crippen LogP contribution in [-0.4, -0.2) is 62.2 Å². The van der Waals surface area contributed by atoms with Crippen molar-refractivity contribution in [3.05, 3.63) is 64.9 Å². The van der Waals surface area contributed by atoms with Gasteiger partial charge in [-0.3, -0.25) is 9.59 Å². The van der Waals surface area contributed by atoms with Gasteiger partial charge >= 0.3 is 10.2 Å². The molecule has 3 rings (SSSR count). The number of carbonyl (C=O) groups excluding carboxylic acids is 2. The molecule has 1 saturated carbocycles. The summed E-state index contributed by atoms with van der Waals surface area (Å²) in [5.41, 5.74) is 0.414. The van der Waals surface area contributed by atoms with Crippen molar-refractivity contribution in [2.75, 3.05) is 24.9 Å². The SMILES string of the molecule is C[C@@H](C(=O)NC1CCCCC1)N(Cc1cccc(Cl)c1)C(=O)CN(c1ccccc1F)S(=O)(=O)N(C)C. The third-order valence-corrected chi connectivity index (χ3v) is 8.54. The molecule has 1 N–H and O–H groups in total. The van der Waals surface area contributed by atoms with Crippen LogP contribution in [0.25, 0.3) is 0 Å². The van der Waals surface area contributed by atoms with Crippen molar-refractivity contribution in [2.24, 2.45) is 0 Å². The van der Waals surface area contributed by atoms with E-state index in [1.54, 1.807) is 31.2 Å². The highest BCUT2D eigenvalue weighted by molar-refractivity contribution is 7.90. The Morgan fingerprint density at radius 1 is 1.08 bits per heavy atom. The van der Waals surface area contributed by atoms with Crippen LogP contribution in [-0.2, 0) is 26.3 Å². The molecule has 1 aliphatic rings. The minimum atomic E-state index is -4.23. The van der Waals surface area contributed by atoms with E-state index >= 15 is 0 Å². The third kappa shape index (κ3) is 7.43. The summed E-state index contributed by atoms with van der Waals surface area (Å²) in [5.74, 6) is -1.76. The van der Waals surface area contributed by atoms with Gasteiger partial charge in [-0.2, -0.15) is 12.7 Å². The van der Waals surface area contributed by atoms with Crippen molar-refractivity contribution in [3.8, 4) is 0 Å². The lowest BCUT2D eigenvalue weighted by molar-refractivity contribution is -0.139. The Morgan fingerprint density at radius 2 is 1.76 bits per heavy atom. The Bertz CT molecular complexity index is 1200.